The highest BCUT2D eigenvalue weighted by atomic mass is 127. The molecule has 190 valence electrons. The molecule has 0 aromatic heterocycles. The van der Waals surface area contributed by atoms with E-state index in [1.165, 1.54) is 24.3 Å². The van der Waals surface area contributed by atoms with E-state index in [9.17, 15) is 14.4 Å². The van der Waals surface area contributed by atoms with E-state index >= 15 is 0 Å². The monoisotopic (exact) mass is 602 g/mol. The molecule has 36 heavy (non-hydrogen) atoms. The van der Waals surface area contributed by atoms with Crippen LogP contribution in [0, 0.1) is 22.7 Å². The van der Waals surface area contributed by atoms with Gasteiger partial charge in [0.15, 0.2) is 5.78 Å². The first-order valence-electron chi connectivity index (χ1n) is 12.3. The molecule has 4 aliphatic rings. The van der Waals surface area contributed by atoms with E-state index in [4.69, 9.17) is 14.2 Å². The Kier molecular flexibility index (Phi) is 6.31. The molecule has 1 aromatic carbocycles. The summed E-state index contributed by atoms with van der Waals surface area (Å²) < 4.78 is 18.9. The summed E-state index contributed by atoms with van der Waals surface area (Å²) in [7, 11) is 1.33. The zero-order chi connectivity index (χ0) is 26.0. The number of methoxy groups -OCH3 is 1. The number of carbonyl (C=O) groups excluding carboxylic acids is 3. The molecule has 0 radical (unpaired) electrons. The highest BCUT2D eigenvalue weighted by molar-refractivity contribution is 14.1. The minimum absolute atomic E-state index is 0.0119. The van der Waals surface area contributed by atoms with Gasteiger partial charge in [0, 0.05) is 26.7 Å². The van der Waals surface area contributed by atoms with Crippen molar-refractivity contribution >= 4 is 40.3 Å². The van der Waals surface area contributed by atoms with E-state index in [0.717, 1.165) is 10.0 Å². The maximum Gasteiger partial charge on any atom is 0.316 e. The number of rotatable bonds is 5. The predicted molar refractivity (Wildman–Crippen MR) is 142 cm³/mol. The minimum atomic E-state index is -1.04. The highest BCUT2D eigenvalue weighted by Crippen LogP contribution is 2.63. The van der Waals surface area contributed by atoms with Crippen LogP contribution in [0.5, 0.6) is 0 Å². The first kappa shape index (κ1) is 25.4. The molecule has 1 saturated heterocycles. The summed E-state index contributed by atoms with van der Waals surface area (Å²) in [5.74, 6) is -1.72. The lowest BCUT2D eigenvalue weighted by atomic mass is 9.47. The fraction of sp³-hybridized carbons (Fsp3) is 0.483. The minimum Gasteiger partial charge on any atom is -0.469 e. The Hall–Kier alpha value is -2.26. The summed E-state index contributed by atoms with van der Waals surface area (Å²) in [6.45, 7) is 10.1. The highest BCUT2D eigenvalue weighted by Gasteiger charge is 2.71. The molecule has 0 bridgehead atoms. The van der Waals surface area contributed by atoms with E-state index in [0.29, 0.717) is 5.57 Å². The van der Waals surface area contributed by atoms with Gasteiger partial charge in [0.05, 0.1) is 25.0 Å². The molecule has 3 aliphatic carbocycles. The lowest BCUT2D eigenvalue weighted by molar-refractivity contribution is -0.161. The third kappa shape index (κ3) is 3.56. The molecule has 0 unspecified atom stereocenters. The molecule has 5 rings (SSSR count). The topological polar surface area (TPSA) is 78.9 Å². The van der Waals surface area contributed by atoms with Gasteiger partial charge >= 0.3 is 11.9 Å². The van der Waals surface area contributed by atoms with Crippen molar-refractivity contribution in [3.05, 3.63) is 69.4 Å². The number of hydrogen-bond donors (Lipinski definition) is 0. The predicted octanol–water partition coefficient (Wildman–Crippen LogP) is 5.08. The van der Waals surface area contributed by atoms with Gasteiger partial charge in [-0.1, -0.05) is 55.5 Å². The molecule has 1 aromatic rings. The van der Waals surface area contributed by atoms with E-state index in [-0.39, 0.29) is 30.2 Å². The van der Waals surface area contributed by atoms with Gasteiger partial charge in [-0.05, 0) is 60.1 Å². The van der Waals surface area contributed by atoms with Crippen LogP contribution in [-0.4, -0.2) is 43.1 Å². The first-order chi connectivity index (χ1) is 17.0. The first-order valence-corrected chi connectivity index (χ1v) is 13.4. The van der Waals surface area contributed by atoms with E-state index in [1.54, 1.807) is 6.08 Å². The second kappa shape index (κ2) is 8.94. The van der Waals surface area contributed by atoms with Crippen molar-refractivity contribution in [1.29, 1.82) is 0 Å². The number of carbonyl (C=O) groups is 3. The summed E-state index contributed by atoms with van der Waals surface area (Å²) in [5.41, 5.74) is 1.08. The number of hydrogen-bond acceptors (Lipinski definition) is 6. The molecule has 0 N–H and O–H groups in total. The van der Waals surface area contributed by atoms with Crippen molar-refractivity contribution in [2.75, 3.05) is 7.11 Å². The van der Waals surface area contributed by atoms with Crippen LogP contribution in [0.3, 0.4) is 0 Å². The molecular formula is C29H31IO6. The average molecular weight is 602 g/mol. The maximum atomic E-state index is 13.4. The number of esters is 2. The quantitative estimate of drug-likeness (QED) is 0.266. The molecule has 2 fully saturated rings. The Morgan fingerprint density at radius 3 is 2.58 bits per heavy atom. The van der Waals surface area contributed by atoms with Crippen molar-refractivity contribution in [3.63, 3.8) is 0 Å². The summed E-state index contributed by atoms with van der Waals surface area (Å²) in [5, 5.41) is 0. The average Bonchev–Trinajstić information content (AvgIpc) is 3.30. The number of benzene rings is 1. The number of allylic oxidation sites excluding steroid dienone is 2. The van der Waals surface area contributed by atoms with Crippen LogP contribution < -0.4 is 0 Å². The Balaban J connectivity index is 1.52. The smallest absolute Gasteiger partial charge is 0.316 e. The van der Waals surface area contributed by atoms with Gasteiger partial charge in [-0.3, -0.25) is 14.4 Å². The molecule has 7 heteroatoms. The van der Waals surface area contributed by atoms with Gasteiger partial charge in [-0.15, -0.1) is 0 Å². The third-order valence-corrected chi connectivity index (χ3v) is 10.5. The lowest BCUT2D eigenvalue weighted by Crippen LogP contribution is -2.61. The Morgan fingerprint density at radius 1 is 1.22 bits per heavy atom. The zero-order valence-corrected chi connectivity index (χ0v) is 23.1. The normalized spacial score (nSPS) is 39.3. The van der Waals surface area contributed by atoms with Gasteiger partial charge in [0.1, 0.15) is 12.2 Å². The summed E-state index contributed by atoms with van der Waals surface area (Å²) in [4.78, 5) is 39.0. The zero-order valence-electron chi connectivity index (χ0n) is 21.0. The Labute approximate surface area is 225 Å². The van der Waals surface area contributed by atoms with E-state index < -0.39 is 40.8 Å². The standard InChI is InChI=1S/C29H31IO6/c1-15-18(17-9-7-6-8-10-17)13-20(23(15)30)35-24-16(2)19(14-22(32)34-5)29(4)21(31)11-12-28(3)26(29)25(24)36-27(28)33/h6-12,18-20,24-26H,2,13-14H2,1,3-5H3/t18-,19+,20+,24+,25+,26+,28-,29+/m1/s1. The van der Waals surface area contributed by atoms with Gasteiger partial charge < -0.3 is 14.2 Å². The van der Waals surface area contributed by atoms with Crippen LogP contribution in [0.1, 0.15) is 45.1 Å². The van der Waals surface area contributed by atoms with E-state index in [2.05, 4.69) is 48.2 Å². The summed E-state index contributed by atoms with van der Waals surface area (Å²) in [6.07, 6.45) is 2.37. The van der Waals surface area contributed by atoms with Gasteiger partial charge in [0.2, 0.25) is 0 Å². The molecule has 0 amide bonds. The van der Waals surface area contributed by atoms with Crippen LogP contribution in [0.4, 0.5) is 0 Å². The van der Waals surface area contributed by atoms with Crippen molar-refractivity contribution in [1.82, 2.24) is 0 Å². The maximum absolute atomic E-state index is 13.4. The lowest BCUT2D eigenvalue weighted by Gasteiger charge is -2.54. The van der Waals surface area contributed by atoms with Crippen molar-refractivity contribution in [2.24, 2.45) is 22.7 Å². The van der Waals surface area contributed by atoms with Crippen molar-refractivity contribution < 1.29 is 28.6 Å². The van der Waals surface area contributed by atoms with Crippen molar-refractivity contribution in [3.8, 4) is 0 Å². The van der Waals surface area contributed by atoms with Gasteiger partial charge in [-0.25, -0.2) is 0 Å². The summed E-state index contributed by atoms with van der Waals surface area (Å²) >= 11 is 2.35. The largest absolute Gasteiger partial charge is 0.469 e. The van der Waals surface area contributed by atoms with E-state index in [1.807, 2.05) is 32.0 Å². The van der Waals surface area contributed by atoms with Crippen LogP contribution in [0.2, 0.25) is 0 Å². The fourth-order valence-corrected chi connectivity index (χ4v) is 7.74. The van der Waals surface area contributed by atoms with Crippen LogP contribution in [0.25, 0.3) is 0 Å². The molecule has 1 saturated carbocycles. The second-order valence-corrected chi connectivity index (χ2v) is 12.0. The van der Waals surface area contributed by atoms with Crippen LogP contribution in [0.15, 0.2) is 63.8 Å². The van der Waals surface area contributed by atoms with Crippen LogP contribution >= 0.6 is 22.6 Å². The number of ketones is 1. The van der Waals surface area contributed by atoms with Crippen LogP contribution in [-0.2, 0) is 28.6 Å². The molecule has 6 nitrogen and oxygen atoms in total. The third-order valence-electron chi connectivity index (χ3n) is 8.99. The molecule has 1 heterocycles. The fourth-order valence-electron chi connectivity index (χ4n) is 6.96. The number of ether oxygens (including phenoxy) is 3. The Bertz CT molecular complexity index is 1200. The van der Waals surface area contributed by atoms with Crippen molar-refractivity contribution in [2.45, 2.75) is 57.8 Å². The van der Waals surface area contributed by atoms with Gasteiger partial charge in [0.25, 0.3) is 0 Å². The second-order valence-electron chi connectivity index (χ2n) is 10.8. The molecule has 8 atom stereocenters. The molecular weight excluding hydrogens is 571 g/mol. The molecule has 0 spiro atoms. The number of halogens is 1. The SMILES string of the molecule is C=C1[C@H](O[C@H]2C[C@@H](c3ccccc3)C(C)=C2I)[C@@H]2OC(=O)[C@]3(C)C=CC(=O)[C@@](C)([C@@H]23)[C@H]1CC(=O)OC. The Morgan fingerprint density at radius 2 is 1.92 bits per heavy atom. The summed E-state index contributed by atoms with van der Waals surface area (Å²) in [6, 6.07) is 10.3. The molecule has 1 aliphatic heterocycles. The van der Waals surface area contributed by atoms with Gasteiger partial charge in [-0.2, -0.15) is 0 Å².